The zero-order valence-electron chi connectivity index (χ0n) is 15.8. The van der Waals surface area contributed by atoms with E-state index in [1.807, 2.05) is 0 Å². The summed E-state index contributed by atoms with van der Waals surface area (Å²) in [4.78, 5) is 0. The summed E-state index contributed by atoms with van der Waals surface area (Å²) in [5, 5.41) is 0. The minimum atomic E-state index is 0.353. The summed E-state index contributed by atoms with van der Waals surface area (Å²) in [5.41, 5.74) is 9.01. The molecule has 0 heterocycles. The Hall–Kier alpha value is -1.82. The lowest BCUT2D eigenvalue weighted by atomic mass is 9.87. The van der Waals surface area contributed by atoms with E-state index in [0.717, 1.165) is 6.42 Å². The zero-order valence-corrected chi connectivity index (χ0v) is 15.8. The Morgan fingerprint density at radius 1 is 1.00 bits per heavy atom. The molecule has 0 bridgehead atoms. The van der Waals surface area contributed by atoms with Crippen LogP contribution in [0.15, 0.2) is 48.0 Å². The smallest absolute Gasteiger partial charge is 0.00574 e. The lowest BCUT2D eigenvalue weighted by Crippen LogP contribution is -2.06. The lowest BCUT2D eigenvalue weighted by Gasteiger charge is -2.18. The first-order valence-corrected chi connectivity index (χ1v) is 9.29. The first-order chi connectivity index (χ1) is 11.4. The predicted molar refractivity (Wildman–Crippen MR) is 106 cm³/mol. The first-order valence-electron chi connectivity index (χ1n) is 9.29. The summed E-state index contributed by atoms with van der Waals surface area (Å²) in [7, 11) is 0. The maximum Gasteiger partial charge on any atom is -0.00574 e. The quantitative estimate of drug-likeness (QED) is 0.557. The van der Waals surface area contributed by atoms with E-state index in [2.05, 4.69) is 83.2 Å². The van der Waals surface area contributed by atoms with Crippen LogP contribution in [0, 0.1) is 5.41 Å². The molecule has 0 radical (unpaired) electrons. The highest BCUT2D eigenvalue weighted by Crippen LogP contribution is 2.38. The van der Waals surface area contributed by atoms with Crippen LogP contribution in [-0.4, -0.2) is 0 Å². The van der Waals surface area contributed by atoms with Gasteiger partial charge in [0.05, 0.1) is 0 Å². The van der Waals surface area contributed by atoms with Gasteiger partial charge in [0.2, 0.25) is 0 Å². The van der Waals surface area contributed by atoms with Crippen molar-refractivity contribution >= 4 is 6.08 Å². The Morgan fingerprint density at radius 2 is 1.71 bits per heavy atom. The molecule has 0 nitrogen and oxygen atoms in total. The van der Waals surface area contributed by atoms with Crippen molar-refractivity contribution in [2.24, 2.45) is 5.41 Å². The number of hydrogen-bond donors (Lipinski definition) is 0. The SMILES string of the molecule is CCC(C)c1ccc(-c2cccc3c2C=C(CC(C)(C)C)C3)cc1. The summed E-state index contributed by atoms with van der Waals surface area (Å²) in [6.07, 6.45) is 5.93. The molecule has 0 aromatic heterocycles. The highest BCUT2D eigenvalue weighted by Gasteiger charge is 2.20. The number of allylic oxidation sites excluding steroid dienone is 1. The van der Waals surface area contributed by atoms with Gasteiger partial charge in [-0.1, -0.05) is 88.7 Å². The van der Waals surface area contributed by atoms with Crippen molar-refractivity contribution in [3.05, 3.63) is 64.7 Å². The third kappa shape index (κ3) is 3.64. The van der Waals surface area contributed by atoms with Gasteiger partial charge in [0.1, 0.15) is 0 Å². The second-order valence-corrected chi connectivity index (χ2v) is 8.53. The molecule has 0 N–H and O–H groups in total. The van der Waals surface area contributed by atoms with Crippen LogP contribution in [0.3, 0.4) is 0 Å². The monoisotopic (exact) mass is 318 g/mol. The Labute approximate surface area is 147 Å². The van der Waals surface area contributed by atoms with Gasteiger partial charge in [-0.2, -0.15) is 0 Å². The van der Waals surface area contributed by atoms with Gasteiger partial charge in [0.15, 0.2) is 0 Å². The van der Waals surface area contributed by atoms with Gasteiger partial charge in [0, 0.05) is 0 Å². The molecular weight excluding hydrogens is 288 g/mol. The summed E-state index contributed by atoms with van der Waals surface area (Å²) in [6, 6.07) is 16.0. The topological polar surface area (TPSA) is 0 Å². The van der Waals surface area contributed by atoms with E-state index in [4.69, 9.17) is 0 Å². The van der Waals surface area contributed by atoms with Crippen LogP contribution in [-0.2, 0) is 6.42 Å². The van der Waals surface area contributed by atoms with E-state index in [1.54, 1.807) is 5.57 Å². The zero-order chi connectivity index (χ0) is 17.3. The maximum absolute atomic E-state index is 2.44. The maximum atomic E-state index is 2.44. The molecule has 0 aliphatic heterocycles. The van der Waals surface area contributed by atoms with Gasteiger partial charge >= 0.3 is 0 Å². The van der Waals surface area contributed by atoms with E-state index < -0.39 is 0 Å². The normalized spacial score (nSPS) is 15.1. The second kappa shape index (κ2) is 6.59. The molecule has 1 aliphatic carbocycles. The van der Waals surface area contributed by atoms with Gasteiger partial charge in [-0.05, 0) is 58.4 Å². The summed E-state index contributed by atoms with van der Waals surface area (Å²) >= 11 is 0. The summed E-state index contributed by atoms with van der Waals surface area (Å²) in [5.74, 6) is 0.638. The number of rotatable bonds is 4. The highest BCUT2D eigenvalue weighted by atomic mass is 14.3. The molecule has 1 unspecified atom stereocenters. The fraction of sp³-hybridized carbons (Fsp3) is 0.417. The van der Waals surface area contributed by atoms with Gasteiger partial charge < -0.3 is 0 Å². The standard InChI is InChI=1S/C24H30/c1-6-17(2)19-10-12-20(13-11-19)22-9-7-8-21-14-18(15-23(21)22)16-24(3,4)5/h7-13,15,17H,6,14,16H2,1-5H3. The van der Waals surface area contributed by atoms with Crippen LogP contribution in [0.4, 0.5) is 0 Å². The molecule has 0 saturated heterocycles. The second-order valence-electron chi connectivity index (χ2n) is 8.53. The average molecular weight is 319 g/mol. The molecule has 0 heteroatoms. The Morgan fingerprint density at radius 3 is 2.33 bits per heavy atom. The number of hydrogen-bond acceptors (Lipinski definition) is 0. The van der Waals surface area contributed by atoms with Crippen LogP contribution >= 0.6 is 0 Å². The molecule has 24 heavy (non-hydrogen) atoms. The molecule has 0 amide bonds. The molecule has 0 fully saturated rings. The molecule has 126 valence electrons. The number of benzene rings is 2. The number of fused-ring (bicyclic) bond motifs is 1. The molecule has 1 aliphatic rings. The van der Waals surface area contributed by atoms with Crippen molar-refractivity contribution in [3.63, 3.8) is 0 Å². The van der Waals surface area contributed by atoms with Crippen LogP contribution in [0.25, 0.3) is 17.2 Å². The van der Waals surface area contributed by atoms with Crippen molar-refractivity contribution < 1.29 is 0 Å². The van der Waals surface area contributed by atoms with Crippen molar-refractivity contribution in [2.45, 2.75) is 59.8 Å². The fourth-order valence-corrected chi connectivity index (χ4v) is 3.71. The van der Waals surface area contributed by atoms with Crippen molar-refractivity contribution in [1.29, 1.82) is 0 Å². The molecule has 0 spiro atoms. The lowest BCUT2D eigenvalue weighted by molar-refractivity contribution is 0.408. The molecule has 3 rings (SSSR count). The van der Waals surface area contributed by atoms with Crippen LogP contribution in [0.5, 0.6) is 0 Å². The van der Waals surface area contributed by atoms with E-state index in [9.17, 15) is 0 Å². The van der Waals surface area contributed by atoms with Gasteiger partial charge in [-0.15, -0.1) is 0 Å². The minimum Gasteiger partial charge on any atom is -0.0648 e. The van der Waals surface area contributed by atoms with E-state index in [0.29, 0.717) is 11.3 Å². The summed E-state index contributed by atoms with van der Waals surface area (Å²) in [6.45, 7) is 11.5. The largest absolute Gasteiger partial charge is 0.0648 e. The van der Waals surface area contributed by atoms with Gasteiger partial charge in [-0.3, -0.25) is 0 Å². The van der Waals surface area contributed by atoms with E-state index >= 15 is 0 Å². The Bertz CT molecular complexity index is 739. The van der Waals surface area contributed by atoms with Crippen LogP contribution in [0.2, 0.25) is 0 Å². The molecule has 2 aromatic rings. The third-order valence-corrected chi connectivity index (χ3v) is 5.12. The van der Waals surface area contributed by atoms with Crippen molar-refractivity contribution in [1.82, 2.24) is 0 Å². The third-order valence-electron chi connectivity index (χ3n) is 5.12. The fourth-order valence-electron chi connectivity index (χ4n) is 3.71. The molecule has 1 atom stereocenters. The first kappa shape index (κ1) is 17.0. The average Bonchev–Trinajstić information content (AvgIpc) is 2.94. The molecule has 2 aromatic carbocycles. The van der Waals surface area contributed by atoms with Gasteiger partial charge in [-0.25, -0.2) is 0 Å². The predicted octanol–water partition coefficient (Wildman–Crippen LogP) is 7.24. The van der Waals surface area contributed by atoms with Crippen LogP contribution < -0.4 is 0 Å². The summed E-state index contributed by atoms with van der Waals surface area (Å²) < 4.78 is 0. The Kier molecular flexibility index (Phi) is 4.67. The van der Waals surface area contributed by atoms with Crippen molar-refractivity contribution in [3.8, 4) is 11.1 Å². The van der Waals surface area contributed by atoms with Crippen molar-refractivity contribution in [2.75, 3.05) is 0 Å². The Balaban J connectivity index is 1.93. The molecular formula is C24H30. The highest BCUT2D eigenvalue weighted by molar-refractivity contribution is 5.80. The minimum absolute atomic E-state index is 0.353. The van der Waals surface area contributed by atoms with Gasteiger partial charge in [0.25, 0.3) is 0 Å². The van der Waals surface area contributed by atoms with E-state index in [1.165, 1.54) is 40.7 Å². The van der Waals surface area contributed by atoms with E-state index in [-0.39, 0.29) is 0 Å². The van der Waals surface area contributed by atoms with Crippen LogP contribution in [0.1, 0.15) is 70.1 Å². The molecule has 0 saturated carbocycles.